The molecule has 0 bridgehead atoms. The van der Waals surface area contributed by atoms with Crippen LogP contribution in [-0.4, -0.2) is 46.0 Å². The Balaban J connectivity index is 2.15. The summed E-state index contributed by atoms with van der Waals surface area (Å²) in [4.78, 5) is 23.4. The van der Waals surface area contributed by atoms with Crippen molar-refractivity contribution < 1.29 is 19.4 Å². The molecule has 1 heterocycles. The van der Waals surface area contributed by atoms with Crippen molar-refractivity contribution in [2.24, 2.45) is 0 Å². The molecule has 2 aromatic rings. The number of carboxylic acid groups (broad SMARTS) is 1. The number of hydrogen-bond donors (Lipinski definition) is 2. The smallest absolute Gasteiger partial charge is 0.305 e. The first kappa shape index (κ1) is 18.2. The number of amides is 1. The SMILES string of the molecule is COCC(C)(CC(=O)O)NC(=O)c1cnn(-c2ccc(Br)cc2)c1. The van der Waals surface area contributed by atoms with Gasteiger partial charge in [0.2, 0.25) is 0 Å². The summed E-state index contributed by atoms with van der Waals surface area (Å²) in [6.45, 7) is 1.72. The monoisotopic (exact) mass is 395 g/mol. The molecule has 1 atom stereocenters. The number of aliphatic carboxylic acids is 1. The number of carboxylic acids is 1. The van der Waals surface area contributed by atoms with Gasteiger partial charge in [-0.3, -0.25) is 9.59 Å². The molecule has 0 saturated carbocycles. The molecule has 7 nitrogen and oxygen atoms in total. The number of nitrogens with zero attached hydrogens (tertiary/aromatic N) is 2. The van der Waals surface area contributed by atoms with Crippen molar-refractivity contribution in [1.82, 2.24) is 15.1 Å². The van der Waals surface area contributed by atoms with E-state index in [1.807, 2.05) is 24.3 Å². The van der Waals surface area contributed by atoms with Crippen molar-refractivity contribution in [1.29, 1.82) is 0 Å². The third kappa shape index (κ3) is 4.65. The molecule has 128 valence electrons. The molecule has 1 amide bonds. The first-order valence-electron chi connectivity index (χ1n) is 7.17. The summed E-state index contributed by atoms with van der Waals surface area (Å²) in [5.41, 5.74) is 0.144. The van der Waals surface area contributed by atoms with Crippen molar-refractivity contribution in [3.8, 4) is 5.69 Å². The molecule has 2 rings (SSSR count). The molecule has 2 N–H and O–H groups in total. The minimum atomic E-state index is -1.01. The topological polar surface area (TPSA) is 93.4 Å². The van der Waals surface area contributed by atoms with Gasteiger partial charge >= 0.3 is 5.97 Å². The van der Waals surface area contributed by atoms with E-state index in [-0.39, 0.29) is 13.0 Å². The fraction of sp³-hybridized carbons (Fsp3) is 0.312. The summed E-state index contributed by atoms with van der Waals surface area (Å²) in [7, 11) is 1.46. The van der Waals surface area contributed by atoms with E-state index in [0.717, 1.165) is 10.2 Å². The highest BCUT2D eigenvalue weighted by Crippen LogP contribution is 2.15. The van der Waals surface area contributed by atoms with Gasteiger partial charge in [0.05, 0.1) is 36.0 Å². The highest BCUT2D eigenvalue weighted by Gasteiger charge is 2.30. The van der Waals surface area contributed by atoms with Crippen LogP contribution >= 0.6 is 15.9 Å². The molecule has 1 aromatic carbocycles. The van der Waals surface area contributed by atoms with E-state index in [4.69, 9.17) is 9.84 Å². The summed E-state index contributed by atoms with van der Waals surface area (Å²) >= 11 is 3.36. The highest BCUT2D eigenvalue weighted by atomic mass is 79.9. The van der Waals surface area contributed by atoms with Gasteiger partial charge in [-0.1, -0.05) is 15.9 Å². The summed E-state index contributed by atoms with van der Waals surface area (Å²) < 4.78 is 7.55. The molecule has 1 aromatic heterocycles. The highest BCUT2D eigenvalue weighted by molar-refractivity contribution is 9.10. The molecule has 0 aliphatic heterocycles. The van der Waals surface area contributed by atoms with Gasteiger partial charge < -0.3 is 15.2 Å². The molecule has 0 aliphatic carbocycles. The van der Waals surface area contributed by atoms with Crippen molar-refractivity contribution in [3.63, 3.8) is 0 Å². The van der Waals surface area contributed by atoms with E-state index in [2.05, 4.69) is 26.3 Å². The summed E-state index contributed by atoms with van der Waals surface area (Å²) in [6.07, 6.45) is 2.78. The van der Waals surface area contributed by atoms with Crippen LogP contribution in [0, 0.1) is 0 Å². The largest absolute Gasteiger partial charge is 0.481 e. The van der Waals surface area contributed by atoms with Crippen LogP contribution in [0.15, 0.2) is 41.1 Å². The summed E-state index contributed by atoms with van der Waals surface area (Å²) in [5.74, 6) is -1.42. The maximum Gasteiger partial charge on any atom is 0.305 e. The van der Waals surface area contributed by atoms with E-state index in [1.165, 1.54) is 13.3 Å². The van der Waals surface area contributed by atoms with Crippen LogP contribution in [0.4, 0.5) is 0 Å². The molecular weight excluding hydrogens is 378 g/mol. The van der Waals surface area contributed by atoms with E-state index in [1.54, 1.807) is 17.8 Å². The Morgan fingerprint density at radius 1 is 1.38 bits per heavy atom. The molecule has 0 radical (unpaired) electrons. The number of methoxy groups -OCH3 is 1. The van der Waals surface area contributed by atoms with Crippen LogP contribution in [0.3, 0.4) is 0 Å². The third-order valence-corrected chi connectivity index (χ3v) is 3.88. The summed E-state index contributed by atoms with van der Waals surface area (Å²) in [6, 6.07) is 7.47. The number of carbonyl (C=O) groups excluding carboxylic acids is 1. The minimum Gasteiger partial charge on any atom is -0.481 e. The molecule has 8 heteroatoms. The van der Waals surface area contributed by atoms with Gasteiger partial charge in [0.1, 0.15) is 0 Å². The zero-order valence-corrected chi connectivity index (χ0v) is 14.9. The molecule has 0 saturated heterocycles. The van der Waals surface area contributed by atoms with E-state index < -0.39 is 17.4 Å². The van der Waals surface area contributed by atoms with Gasteiger partial charge in [0, 0.05) is 17.8 Å². The minimum absolute atomic E-state index is 0.0892. The lowest BCUT2D eigenvalue weighted by molar-refractivity contribution is -0.139. The number of halogens is 1. The number of nitrogens with one attached hydrogen (secondary N) is 1. The molecule has 0 fully saturated rings. The predicted octanol–water partition coefficient (Wildman–Crippen LogP) is 2.24. The van der Waals surface area contributed by atoms with Crippen molar-refractivity contribution in [3.05, 3.63) is 46.7 Å². The van der Waals surface area contributed by atoms with Crippen LogP contribution in [-0.2, 0) is 9.53 Å². The first-order chi connectivity index (χ1) is 11.3. The fourth-order valence-corrected chi connectivity index (χ4v) is 2.57. The van der Waals surface area contributed by atoms with Crippen LogP contribution in [0.1, 0.15) is 23.7 Å². The Bertz CT molecular complexity index is 729. The molecule has 1 unspecified atom stereocenters. The quantitative estimate of drug-likeness (QED) is 0.749. The third-order valence-electron chi connectivity index (χ3n) is 3.36. The van der Waals surface area contributed by atoms with Crippen LogP contribution in [0.2, 0.25) is 0 Å². The van der Waals surface area contributed by atoms with Crippen molar-refractivity contribution in [2.45, 2.75) is 18.9 Å². The number of benzene rings is 1. The van der Waals surface area contributed by atoms with Crippen LogP contribution in [0.5, 0.6) is 0 Å². The van der Waals surface area contributed by atoms with E-state index in [9.17, 15) is 9.59 Å². The molecule has 24 heavy (non-hydrogen) atoms. The molecule has 0 aliphatic rings. The average Bonchev–Trinajstić information content (AvgIpc) is 2.97. The van der Waals surface area contributed by atoms with Crippen LogP contribution in [0.25, 0.3) is 5.69 Å². The second kappa shape index (κ2) is 7.59. The molecular formula is C16H18BrN3O4. The lowest BCUT2D eigenvalue weighted by atomic mass is 9.98. The lowest BCUT2D eigenvalue weighted by Crippen LogP contribution is -2.50. The maximum atomic E-state index is 12.4. The Labute approximate surface area is 147 Å². The average molecular weight is 396 g/mol. The maximum absolute atomic E-state index is 12.4. The van der Waals surface area contributed by atoms with Gasteiger partial charge in [-0.05, 0) is 31.2 Å². The first-order valence-corrected chi connectivity index (χ1v) is 7.96. The summed E-state index contributed by atoms with van der Waals surface area (Å²) in [5, 5.41) is 15.9. The second-order valence-electron chi connectivity index (χ2n) is 5.67. The van der Waals surface area contributed by atoms with Gasteiger partial charge in [-0.25, -0.2) is 4.68 Å². The number of ether oxygens (including phenoxy) is 1. The second-order valence-corrected chi connectivity index (χ2v) is 6.58. The van der Waals surface area contributed by atoms with Crippen molar-refractivity contribution >= 4 is 27.8 Å². The number of hydrogen-bond acceptors (Lipinski definition) is 4. The fourth-order valence-electron chi connectivity index (χ4n) is 2.30. The Morgan fingerprint density at radius 3 is 2.62 bits per heavy atom. The standard InChI is InChI=1S/C16H18BrN3O4/c1-16(10-24-2,7-14(21)22)19-15(23)11-8-18-20(9-11)13-5-3-12(17)4-6-13/h3-6,8-9H,7,10H2,1-2H3,(H,19,23)(H,21,22). The lowest BCUT2D eigenvalue weighted by Gasteiger charge is -2.28. The Kier molecular flexibility index (Phi) is 5.74. The van der Waals surface area contributed by atoms with Crippen molar-refractivity contribution in [2.75, 3.05) is 13.7 Å². The van der Waals surface area contributed by atoms with E-state index in [0.29, 0.717) is 5.56 Å². The van der Waals surface area contributed by atoms with Gasteiger partial charge in [-0.2, -0.15) is 5.10 Å². The number of rotatable bonds is 7. The van der Waals surface area contributed by atoms with Gasteiger partial charge in [-0.15, -0.1) is 0 Å². The van der Waals surface area contributed by atoms with Crippen LogP contribution < -0.4 is 5.32 Å². The Morgan fingerprint density at radius 2 is 2.04 bits per heavy atom. The molecule has 0 spiro atoms. The number of carbonyl (C=O) groups is 2. The normalized spacial score (nSPS) is 13.3. The zero-order chi connectivity index (χ0) is 17.7. The number of aromatic nitrogens is 2. The van der Waals surface area contributed by atoms with E-state index >= 15 is 0 Å². The zero-order valence-electron chi connectivity index (χ0n) is 13.3. The van der Waals surface area contributed by atoms with Gasteiger partial charge in [0.25, 0.3) is 5.91 Å². The predicted molar refractivity (Wildman–Crippen MR) is 91.3 cm³/mol. The Hall–Kier alpha value is -2.19. The van der Waals surface area contributed by atoms with Gasteiger partial charge in [0.15, 0.2) is 0 Å².